The minimum atomic E-state index is -0.509. The molecule has 178 valence electrons. The van der Waals surface area contributed by atoms with Gasteiger partial charge in [-0.1, -0.05) is 84.0 Å². The van der Waals surface area contributed by atoms with Crippen LogP contribution in [0.15, 0.2) is 48.5 Å². The standard InChI is InChI=1S/C28H44NO3/c1-27(2,3)23-14-15-26(25(18-23)28(4,5)6)32-17-16-31-21-24(30)20-29(7,8)19-22-12-10-9-11-13-22/h9-15,18,24,30H,16-17,19-21H2,1-8H3/q+1/t24-/m0/s1. The molecule has 2 aromatic carbocycles. The maximum atomic E-state index is 10.5. The Morgan fingerprint density at radius 3 is 2.12 bits per heavy atom. The van der Waals surface area contributed by atoms with Crippen LogP contribution in [0.25, 0.3) is 0 Å². The number of nitrogens with zero attached hydrogens (tertiary/aromatic N) is 1. The fourth-order valence-electron chi connectivity index (χ4n) is 3.90. The highest BCUT2D eigenvalue weighted by molar-refractivity contribution is 5.43. The highest BCUT2D eigenvalue weighted by Crippen LogP contribution is 2.35. The SMILES string of the molecule is CC(C)(C)c1ccc(OCCOC[C@@H](O)C[N+](C)(C)Cc2ccccc2)c(C(C)(C)C)c1. The predicted octanol–water partition coefficient (Wildman–Crippen LogP) is 5.31. The van der Waals surface area contributed by atoms with E-state index < -0.39 is 6.10 Å². The minimum absolute atomic E-state index is 0.00407. The largest absolute Gasteiger partial charge is 0.491 e. The van der Waals surface area contributed by atoms with E-state index in [1.54, 1.807) is 0 Å². The van der Waals surface area contributed by atoms with Gasteiger partial charge in [-0.25, -0.2) is 0 Å². The zero-order valence-electron chi connectivity index (χ0n) is 21.4. The third-order valence-corrected chi connectivity index (χ3v) is 5.61. The molecule has 4 nitrogen and oxygen atoms in total. The molecule has 0 bridgehead atoms. The molecular formula is C28H44NO3+. The number of aliphatic hydroxyl groups is 1. The van der Waals surface area contributed by atoms with E-state index in [4.69, 9.17) is 9.47 Å². The van der Waals surface area contributed by atoms with Crippen molar-refractivity contribution >= 4 is 0 Å². The molecule has 0 fully saturated rings. The van der Waals surface area contributed by atoms with Gasteiger partial charge in [-0.2, -0.15) is 0 Å². The summed E-state index contributed by atoms with van der Waals surface area (Å²) in [6, 6.07) is 16.9. The first-order valence-corrected chi connectivity index (χ1v) is 11.7. The zero-order valence-corrected chi connectivity index (χ0v) is 21.4. The molecule has 0 spiro atoms. The lowest BCUT2D eigenvalue weighted by Crippen LogP contribution is -2.45. The third kappa shape index (κ3) is 8.57. The molecule has 2 rings (SSSR count). The summed E-state index contributed by atoms with van der Waals surface area (Å²) in [5.41, 5.74) is 3.89. The van der Waals surface area contributed by atoms with Gasteiger partial charge in [0.15, 0.2) is 0 Å². The average molecular weight is 443 g/mol. The molecule has 0 amide bonds. The minimum Gasteiger partial charge on any atom is -0.491 e. The summed E-state index contributed by atoms with van der Waals surface area (Å²) in [4.78, 5) is 0. The fraction of sp³-hybridized carbons (Fsp3) is 0.571. The molecule has 0 unspecified atom stereocenters. The maximum Gasteiger partial charge on any atom is 0.126 e. The molecule has 0 aromatic heterocycles. The summed E-state index contributed by atoms with van der Waals surface area (Å²) < 4.78 is 12.5. The normalized spacial score (nSPS) is 13.8. The van der Waals surface area contributed by atoms with Crippen molar-refractivity contribution in [3.8, 4) is 5.75 Å². The van der Waals surface area contributed by atoms with E-state index in [0.29, 0.717) is 30.8 Å². The summed E-state index contributed by atoms with van der Waals surface area (Å²) in [6.45, 7) is 16.1. The number of likely N-dealkylation sites (N-methyl/N-ethyl adjacent to an activating group) is 1. The van der Waals surface area contributed by atoms with E-state index in [9.17, 15) is 5.11 Å². The molecule has 0 aliphatic carbocycles. The second-order valence-electron chi connectivity index (χ2n) is 11.6. The lowest BCUT2D eigenvalue weighted by molar-refractivity contribution is -0.906. The number of ether oxygens (including phenoxy) is 2. The van der Waals surface area contributed by atoms with Crippen LogP contribution in [0.1, 0.15) is 58.2 Å². The van der Waals surface area contributed by atoms with Crippen LogP contribution >= 0.6 is 0 Å². The van der Waals surface area contributed by atoms with Crippen molar-refractivity contribution in [3.63, 3.8) is 0 Å². The van der Waals surface area contributed by atoms with E-state index in [0.717, 1.165) is 12.3 Å². The first-order chi connectivity index (χ1) is 14.8. The van der Waals surface area contributed by atoms with E-state index in [1.165, 1.54) is 16.7 Å². The number of hydrogen-bond donors (Lipinski definition) is 1. The topological polar surface area (TPSA) is 38.7 Å². The van der Waals surface area contributed by atoms with Gasteiger partial charge in [0.05, 0.1) is 27.3 Å². The van der Waals surface area contributed by atoms with E-state index in [1.807, 2.05) is 6.07 Å². The van der Waals surface area contributed by atoms with Crippen molar-refractivity contribution in [3.05, 3.63) is 65.2 Å². The monoisotopic (exact) mass is 442 g/mol. The maximum absolute atomic E-state index is 10.5. The van der Waals surface area contributed by atoms with Gasteiger partial charge in [0.2, 0.25) is 0 Å². The van der Waals surface area contributed by atoms with Crippen molar-refractivity contribution in [1.82, 2.24) is 0 Å². The van der Waals surface area contributed by atoms with E-state index in [2.05, 4.69) is 98.1 Å². The Kier molecular flexibility index (Phi) is 8.92. The van der Waals surface area contributed by atoms with Crippen LogP contribution in [-0.4, -0.2) is 56.2 Å². The van der Waals surface area contributed by atoms with Crippen LogP contribution in [0.2, 0.25) is 0 Å². The molecule has 0 radical (unpaired) electrons. The van der Waals surface area contributed by atoms with Gasteiger partial charge in [0.25, 0.3) is 0 Å². The molecule has 0 aliphatic heterocycles. The highest BCUT2D eigenvalue weighted by Gasteiger charge is 2.23. The predicted molar refractivity (Wildman–Crippen MR) is 133 cm³/mol. The van der Waals surface area contributed by atoms with E-state index in [-0.39, 0.29) is 10.8 Å². The zero-order chi connectivity index (χ0) is 24.0. The number of quaternary nitrogens is 1. The summed E-state index contributed by atoms with van der Waals surface area (Å²) in [5, 5.41) is 10.5. The van der Waals surface area contributed by atoms with Crippen molar-refractivity contribution < 1.29 is 19.1 Å². The third-order valence-electron chi connectivity index (χ3n) is 5.61. The van der Waals surface area contributed by atoms with Gasteiger partial charge < -0.3 is 19.1 Å². The number of benzene rings is 2. The Hall–Kier alpha value is -1.88. The first kappa shape index (κ1) is 26.4. The van der Waals surface area contributed by atoms with Gasteiger partial charge in [-0.05, 0) is 28.0 Å². The van der Waals surface area contributed by atoms with Crippen molar-refractivity contribution in [2.24, 2.45) is 0 Å². The van der Waals surface area contributed by atoms with Gasteiger partial charge >= 0.3 is 0 Å². The number of rotatable bonds is 10. The van der Waals surface area contributed by atoms with Crippen molar-refractivity contribution in [1.29, 1.82) is 0 Å². The lowest BCUT2D eigenvalue weighted by atomic mass is 9.80. The molecular weight excluding hydrogens is 398 g/mol. The van der Waals surface area contributed by atoms with E-state index >= 15 is 0 Å². The smallest absolute Gasteiger partial charge is 0.126 e. The second-order valence-corrected chi connectivity index (χ2v) is 11.6. The molecule has 4 heteroatoms. The molecule has 0 saturated carbocycles. The Morgan fingerprint density at radius 2 is 1.53 bits per heavy atom. The summed E-state index contributed by atoms with van der Waals surface area (Å²) >= 11 is 0. The highest BCUT2D eigenvalue weighted by atomic mass is 16.5. The Labute approximate surface area is 195 Å². The molecule has 1 N–H and O–H groups in total. The van der Waals surface area contributed by atoms with Gasteiger partial charge in [-0.15, -0.1) is 0 Å². The summed E-state index contributed by atoms with van der Waals surface area (Å²) in [6.07, 6.45) is -0.509. The molecule has 0 saturated heterocycles. The van der Waals surface area contributed by atoms with Gasteiger partial charge in [-0.3, -0.25) is 0 Å². The van der Waals surface area contributed by atoms with Crippen molar-refractivity contribution in [2.75, 3.05) is 40.5 Å². The van der Waals surface area contributed by atoms with Crippen LogP contribution in [-0.2, 0) is 22.1 Å². The Morgan fingerprint density at radius 1 is 0.875 bits per heavy atom. The van der Waals surface area contributed by atoms with Crippen LogP contribution in [0.5, 0.6) is 5.75 Å². The van der Waals surface area contributed by atoms with Crippen LogP contribution in [0.3, 0.4) is 0 Å². The number of hydrogen-bond acceptors (Lipinski definition) is 3. The van der Waals surface area contributed by atoms with Gasteiger partial charge in [0.1, 0.15) is 31.5 Å². The summed E-state index contributed by atoms with van der Waals surface area (Å²) in [7, 11) is 4.27. The second kappa shape index (κ2) is 10.8. The Balaban J connectivity index is 1.82. The Bertz CT molecular complexity index is 832. The average Bonchev–Trinajstić information content (AvgIpc) is 2.66. The molecule has 32 heavy (non-hydrogen) atoms. The van der Waals surface area contributed by atoms with Crippen LogP contribution in [0, 0.1) is 0 Å². The van der Waals surface area contributed by atoms with Crippen molar-refractivity contribution in [2.45, 2.75) is 65.0 Å². The fourth-order valence-corrected chi connectivity index (χ4v) is 3.90. The van der Waals surface area contributed by atoms with Crippen LogP contribution < -0.4 is 4.74 Å². The quantitative estimate of drug-likeness (QED) is 0.400. The first-order valence-electron chi connectivity index (χ1n) is 11.7. The van der Waals surface area contributed by atoms with Gasteiger partial charge in [0, 0.05) is 5.56 Å². The number of aliphatic hydroxyl groups excluding tert-OH is 1. The molecule has 0 heterocycles. The van der Waals surface area contributed by atoms with Crippen LogP contribution in [0.4, 0.5) is 0 Å². The molecule has 1 atom stereocenters. The molecule has 0 aliphatic rings. The summed E-state index contributed by atoms with van der Waals surface area (Å²) in [5.74, 6) is 0.912. The lowest BCUT2D eigenvalue weighted by Gasteiger charge is -2.32. The molecule has 2 aromatic rings.